The minimum atomic E-state index is -0.0715. The molecule has 4 N–H and O–H groups in total. The molecule has 1 aliphatic carbocycles. The van der Waals surface area contributed by atoms with Crippen molar-refractivity contribution in [3.63, 3.8) is 0 Å². The van der Waals surface area contributed by atoms with E-state index >= 15 is 0 Å². The van der Waals surface area contributed by atoms with Gasteiger partial charge in [0, 0.05) is 48.2 Å². The molecule has 0 unspecified atom stereocenters. The van der Waals surface area contributed by atoms with Gasteiger partial charge in [-0.25, -0.2) is 4.98 Å². The second kappa shape index (κ2) is 7.58. The molecule has 0 aliphatic heterocycles. The van der Waals surface area contributed by atoms with E-state index in [1.54, 1.807) is 7.05 Å². The fourth-order valence-electron chi connectivity index (χ4n) is 4.69. The summed E-state index contributed by atoms with van der Waals surface area (Å²) in [5.74, 6) is 0.837. The van der Waals surface area contributed by atoms with Crippen LogP contribution in [0.2, 0.25) is 0 Å². The van der Waals surface area contributed by atoms with Gasteiger partial charge in [-0.05, 0) is 67.1 Å². The van der Waals surface area contributed by atoms with Crippen LogP contribution >= 0.6 is 0 Å². The van der Waals surface area contributed by atoms with Gasteiger partial charge in [0.25, 0.3) is 5.91 Å². The summed E-state index contributed by atoms with van der Waals surface area (Å²) in [6, 6.07) is 11.9. The van der Waals surface area contributed by atoms with Crippen LogP contribution in [0.15, 0.2) is 36.4 Å². The number of hydrogen-bond donors (Lipinski definition) is 3. The third-order valence-corrected chi connectivity index (χ3v) is 6.26. The summed E-state index contributed by atoms with van der Waals surface area (Å²) in [5.41, 5.74) is 12.2. The number of aromatic nitrogens is 3. The fraction of sp³-hybridized carbons (Fsp3) is 0.292. The van der Waals surface area contributed by atoms with Crippen molar-refractivity contribution in [3.8, 4) is 0 Å². The first-order valence-electron chi connectivity index (χ1n) is 10.7. The molecule has 2 aromatic carbocycles. The molecule has 0 spiro atoms. The predicted octanol–water partition coefficient (Wildman–Crippen LogP) is 3.55. The molecule has 7 heteroatoms. The van der Waals surface area contributed by atoms with E-state index in [2.05, 4.69) is 38.3 Å². The lowest BCUT2D eigenvalue weighted by atomic mass is 9.95. The number of aryl methyl sites for hydroxylation is 2. The molecular formula is C24H26N6O. The second-order valence-corrected chi connectivity index (χ2v) is 8.14. The Labute approximate surface area is 180 Å². The summed E-state index contributed by atoms with van der Waals surface area (Å²) in [5, 5.41) is 8.19. The lowest BCUT2D eigenvalue weighted by Crippen LogP contribution is -2.22. The molecule has 2 aromatic heterocycles. The zero-order valence-corrected chi connectivity index (χ0v) is 17.8. The maximum absolute atomic E-state index is 12.9. The molecule has 0 saturated heterocycles. The van der Waals surface area contributed by atoms with E-state index in [1.165, 1.54) is 35.0 Å². The number of benzene rings is 2. The van der Waals surface area contributed by atoms with Gasteiger partial charge in [0.2, 0.25) is 5.95 Å². The zero-order chi connectivity index (χ0) is 21.5. The number of amides is 1. The first-order chi connectivity index (χ1) is 15.0. The highest BCUT2D eigenvalue weighted by molar-refractivity contribution is 5.99. The largest absolute Gasteiger partial charge is 0.372 e. The third kappa shape index (κ3) is 3.36. The van der Waals surface area contributed by atoms with Crippen LogP contribution in [-0.4, -0.2) is 27.5 Å². The van der Waals surface area contributed by atoms with E-state index < -0.39 is 0 Å². The standard InChI is InChI=1S/C24H26N6O/c1-26-22-18-11-14(7-9-19(18)28-24(25)29-22)13-27-23(31)15-8-10-21-17(12-15)16-5-3-4-6-20(16)30(21)2/h7-12H,3-6,13H2,1-2H3,(H,27,31)(H3,25,26,28,29). The number of nitrogen functional groups attached to an aromatic ring is 1. The highest BCUT2D eigenvalue weighted by atomic mass is 16.1. The minimum absolute atomic E-state index is 0.0715. The molecule has 158 valence electrons. The van der Waals surface area contributed by atoms with Crippen molar-refractivity contribution < 1.29 is 4.79 Å². The van der Waals surface area contributed by atoms with Gasteiger partial charge in [0.05, 0.1) is 5.52 Å². The molecule has 0 fully saturated rings. The highest BCUT2D eigenvalue weighted by Gasteiger charge is 2.19. The number of anilines is 2. The first kappa shape index (κ1) is 19.4. The van der Waals surface area contributed by atoms with Gasteiger partial charge in [0.15, 0.2) is 0 Å². The fourth-order valence-corrected chi connectivity index (χ4v) is 4.69. The number of carbonyl (C=O) groups is 1. The monoisotopic (exact) mass is 414 g/mol. The minimum Gasteiger partial charge on any atom is -0.372 e. The molecule has 7 nitrogen and oxygen atoms in total. The maximum Gasteiger partial charge on any atom is 0.251 e. The normalized spacial score (nSPS) is 13.4. The van der Waals surface area contributed by atoms with Crippen LogP contribution < -0.4 is 16.4 Å². The smallest absolute Gasteiger partial charge is 0.251 e. The van der Waals surface area contributed by atoms with Crippen molar-refractivity contribution in [2.75, 3.05) is 18.1 Å². The maximum atomic E-state index is 12.9. The van der Waals surface area contributed by atoms with Crippen LogP contribution in [0, 0.1) is 0 Å². The molecule has 0 radical (unpaired) electrons. The quantitative estimate of drug-likeness (QED) is 0.474. The topological polar surface area (TPSA) is 97.9 Å². The van der Waals surface area contributed by atoms with Crippen molar-refractivity contribution in [2.24, 2.45) is 7.05 Å². The average Bonchev–Trinajstić information content (AvgIpc) is 3.08. The molecule has 1 aliphatic rings. The summed E-state index contributed by atoms with van der Waals surface area (Å²) in [7, 11) is 3.93. The van der Waals surface area contributed by atoms with E-state index in [9.17, 15) is 4.79 Å². The molecule has 2 heterocycles. The Kier molecular flexibility index (Phi) is 4.73. The molecular weight excluding hydrogens is 388 g/mol. The molecule has 0 saturated carbocycles. The second-order valence-electron chi connectivity index (χ2n) is 8.14. The highest BCUT2D eigenvalue weighted by Crippen LogP contribution is 2.32. The SMILES string of the molecule is CNc1nc(N)nc2ccc(CNC(=O)c3ccc4c(c3)c3c(n4C)CCCC3)cc12. The summed E-state index contributed by atoms with van der Waals surface area (Å²) >= 11 is 0. The number of hydrogen-bond acceptors (Lipinski definition) is 5. The van der Waals surface area contributed by atoms with Gasteiger partial charge in [0.1, 0.15) is 5.82 Å². The number of nitrogens with two attached hydrogens (primary N) is 1. The summed E-state index contributed by atoms with van der Waals surface area (Å²) < 4.78 is 2.29. The van der Waals surface area contributed by atoms with E-state index in [4.69, 9.17) is 5.73 Å². The summed E-state index contributed by atoms with van der Waals surface area (Å²) in [4.78, 5) is 21.4. The Morgan fingerprint density at radius 3 is 2.77 bits per heavy atom. The molecule has 31 heavy (non-hydrogen) atoms. The third-order valence-electron chi connectivity index (χ3n) is 6.26. The average molecular weight is 415 g/mol. The van der Waals surface area contributed by atoms with Crippen LogP contribution in [0.1, 0.15) is 40.0 Å². The number of carbonyl (C=O) groups excluding carboxylic acids is 1. The molecule has 0 bridgehead atoms. The lowest BCUT2D eigenvalue weighted by molar-refractivity contribution is 0.0951. The Morgan fingerprint density at radius 2 is 1.94 bits per heavy atom. The Morgan fingerprint density at radius 1 is 1.10 bits per heavy atom. The van der Waals surface area contributed by atoms with Crippen molar-refractivity contribution in [2.45, 2.75) is 32.2 Å². The number of nitrogens with zero attached hydrogens (tertiary/aromatic N) is 3. The Hall–Kier alpha value is -3.61. The Bertz CT molecular complexity index is 1320. The summed E-state index contributed by atoms with van der Waals surface area (Å²) in [6.45, 7) is 0.424. The predicted molar refractivity (Wildman–Crippen MR) is 124 cm³/mol. The van der Waals surface area contributed by atoms with Crippen LogP contribution in [0.4, 0.5) is 11.8 Å². The molecule has 5 rings (SSSR count). The van der Waals surface area contributed by atoms with Gasteiger partial charge in [-0.3, -0.25) is 4.79 Å². The van der Waals surface area contributed by atoms with Gasteiger partial charge in [-0.1, -0.05) is 6.07 Å². The van der Waals surface area contributed by atoms with Crippen molar-refractivity contribution in [3.05, 3.63) is 58.8 Å². The van der Waals surface area contributed by atoms with Crippen LogP contribution in [-0.2, 0) is 26.4 Å². The van der Waals surface area contributed by atoms with E-state index in [-0.39, 0.29) is 11.9 Å². The number of rotatable bonds is 4. The molecule has 0 atom stereocenters. The van der Waals surface area contributed by atoms with Gasteiger partial charge in [-0.15, -0.1) is 0 Å². The Balaban J connectivity index is 1.39. The number of nitrogens with one attached hydrogen (secondary N) is 2. The molecule has 4 aromatic rings. The van der Waals surface area contributed by atoms with Crippen molar-refractivity contribution in [1.29, 1.82) is 0 Å². The van der Waals surface area contributed by atoms with E-state index in [0.717, 1.165) is 29.3 Å². The number of fused-ring (bicyclic) bond motifs is 4. The van der Waals surface area contributed by atoms with E-state index in [1.807, 2.05) is 30.3 Å². The lowest BCUT2D eigenvalue weighted by Gasteiger charge is -2.13. The molecule has 1 amide bonds. The van der Waals surface area contributed by atoms with Crippen molar-refractivity contribution in [1.82, 2.24) is 19.9 Å². The zero-order valence-electron chi connectivity index (χ0n) is 17.8. The van der Waals surface area contributed by atoms with E-state index in [0.29, 0.717) is 17.9 Å². The first-order valence-corrected chi connectivity index (χ1v) is 10.7. The van der Waals surface area contributed by atoms with Crippen LogP contribution in [0.5, 0.6) is 0 Å². The van der Waals surface area contributed by atoms with Gasteiger partial charge < -0.3 is 20.9 Å². The van der Waals surface area contributed by atoms with Gasteiger partial charge >= 0.3 is 0 Å². The van der Waals surface area contributed by atoms with Gasteiger partial charge in [-0.2, -0.15) is 4.98 Å². The van der Waals surface area contributed by atoms with Crippen molar-refractivity contribution >= 4 is 39.5 Å². The van der Waals surface area contributed by atoms with Crippen LogP contribution in [0.3, 0.4) is 0 Å². The van der Waals surface area contributed by atoms with Crippen LogP contribution in [0.25, 0.3) is 21.8 Å². The summed E-state index contributed by atoms with van der Waals surface area (Å²) in [6.07, 6.45) is 4.67.